The lowest BCUT2D eigenvalue weighted by molar-refractivity contribution is 0.104. The fourth-order valence-electron chi connectivity index (χ4n) is 2.21. The molecule has 0 amide bonds. The minimum Gasteiger partial charge on any atom is -0.288 e. The van der Waals surface area contributed by atoms with Gasteiger partial charge in [0.25, 0.3) is 0 Å². The molecule has 5 heteroatoms. The molecule has 0 aliphatic carbocycles. The molecule has 1 aliphatic rings. The molecule has 2 aromatic rings. The highest BCUT2D eigenvalue weighted by Crippen LogP contribution is 2.34. The number of thioether (sulfide) groups is 1. The first-order valence-electron chi connectivity index (χ1n) is 6.26. The molecule has 0 bridgehead atoms. The molecule has 1 nitrogen and oxygen atoms in total. The first-order chi connectivity index (χ1) is 9.56. The van der Waals surface area contributed by atoms with E-state index >= 15 is 0 Å². The predicted octanol–water partition coefficient (Wildman–Crippen LogP) is 5.60. The third-order valence-corrected chi connectivity index (χ3v) is 7.10. The summed E-state index contributed by atoms with van der Waals surface area (Å²) in [7, 11) is 0. The van der Waals surface area contributed by atoms with E-state index in [9.17, 15) is 4.79 Å². The van der Waals surface area contributed by atoms with Crippen molar-refractivity contribution in [2.24, 2.45) is 0 Å². The fourth-order valence-corrected chi connectivity index (χ4v) is 5.52. The Morgan fingerprint density at radius 1 is 1.20 bits per heavy atom. The van der Waals surface area contributed by atoms with Gasteiger partial charge >= 0.3 is 0 Å². The Kier molecular flexibility index (Phi) is 4.41. The van der Waals surface area contributed by atoms with E-state index in [1.165, 1.54) is 16.2 Å². The second-order valence-electron chi connectivity index (χ2n) is 4.77. The molecule has 104 valence electrons. The molecular weight excluding hydrogens is 420 g/mol. The average Bonchev–Trinajstić information content (AvgIpc) is 2.86. The largest absolute Gasteiger partial charge is 0.288 e. The van der Waals surface area contributed by atoms with Crippen LogP contribution in [0.5, 0.6) is 0 Å². The average molecular weight is 432 g/mol. The lowest BCUT2D eigenvalue weighted by Crippen LogP contribution is -2.00. The van der Waals surface area contributed by atoms with Crippen molar-refractivity contribution in [3.8, 4) is 0 Å². The van der Waals surface area contributed by atoms with Crippen molar-refractivity contribution < 1.29 is 4.79 Å². The summed E-state index contributed by atoms with van der Waals surface area (Å²) < 4.78 is 1.84. The summed E-state index contributed by atoms with van der Waals surface area (Å²) in [5.41, 5.74) is 3.20. The number of hydrogen-bond donors (Lipinski definition) is 0. The maximum absolute atomic E-state index is 12.7. The molecular formula is C15H12Br2OS2. The Balaban J connectivity index is 2.00. The molecule has 2 heterocycles. The molecule has 0 saturated carbocycles. The van der Waals surface area contributed by atoms with Crippen molar-refractivity contribution in [2.45, 2.75) is 19.1 Å². The zero-order valence-electron chi connectivity index (χ0n) is 10.8. The summed E-state index contributed by atoms with van der Waals surface area (Å²) in [5.74, 6) is 2.32. The molecule has 1 aromatic carbocycles. The molecule has 0 atom stereocenters. The number of ketones is 1. The van der Waals surface area contributed by atoms with Gasteiger partial charge in [0.15, 0.2) is 0 Å². The van der Waals surface area contributed by atoms with Gasteiger partial charge < -0.3 is 0 Å². The quantitative estimate of drug-likeness (QED) is 0.575. The van der Waals surface area contributed by atoms with Crippen LogP contribution in [-0.4, -0.2) is 11.5 Å². The van der Waals surface area contributed by atoms with Crippen LogP contribution in [0.3, 0.4) is 0 Å². The highest BCUT2D eigenvalue weighted by molar-refractivity contribution is 9.11. The normalized spacial score (nSPS) is 14.2. The van der Waals surface area contributed by atoms with Gasteiger partial charge in [-0.1, -0.05) is 31.9 Å². The predicted molar refractivity (Wildman–Crippen MR) is 94.2 cm³/mol. The topological polar surface area (TPSA) is 17.1 Å². The molecule has 1 aliphatic heterocycles. The van der Waals surface area contributed by atoms with Crippen molar-refractivity contribution in [3.05, 3.63) is 53.6 Å². The van der Waals surface area contributed by atoms with Crippen molar-refractivity contribution in [3.63, 3.8) is 0 Å². The second-order valence-corrected chi connectivity index (χ2v) is 8.72. The monoisotopic (exact) mass is 430 g/mol. The van der Waals surface area contributed by atoms with Gasteiger partial charge in [0, 0.05) is 25.1 Å². The van der Waals surface area contributed by atoms with Gasteiger partial charge in [-0.15, -0.1) is 11.3 Å². The maximum Gasteiger partial charge on any atom is 0.204 e. The number of thiophene rings is 1. The Hall–Kier alpha value is -0.100. The Labute approximate surface area is 143 Å². The Morgan fingerprint density at radius 2 is 2.00 bits per heavy atom. The molecule has 0 spiro atoms. The van der Waals surface area contributed by atoms with Crippen molar-refractivity contribution in [2.75, 3.05) is 5.75 Å². The number of carbonyl (C=O) groups is 1. The van der Waals surface area contributed by atoms with Crippen LogP contribution in [0.1, 0.15) is 31.2 Å². The fraction of sp³-hybridized carbons (Fsp3) is 0.267. The zero-order chi connectivity index (χ0) is 14.3. The summed E-state index contributed by atoms with van der Waals surface area (Å²) in [4.78, 5) is 14.9. The zero-order valence-corrected chi connectivity index (χ0v) is 15.6. The Bertz CT molecular complexity index is 668. The van der Waals surface area contributed by atoms with E-state index in [2.05, 4.69) is 37.9 Å². The number of aryl methyl sites for hydroxylation is 2. The second kappa shape index (κ2) is 5.95. The molecule has 0 radical (unpaired) electrons. The van der Waals surface area contributed by atoms with Crippen LogP contribution >= 0.6 is 55.0 Å². The van der Waals surface area contributed by atoms with E-state index in [1.807, 2.05) is 30.8 Å². The maximum atomic E-state index is 12.7. The molecule has 0 fully saturated rings. The lowest BCUT2D eigenvalue weighted by atomic mass is 10.1. The lowest BCUT2D eigenvalue weighted by Gasteiger charge is -2.08. The van der Waals surface area contributed by atoms with Gasteiger partial charge in [-0.3, -0.25) is 4.79 Å². The minimum atomic E-state index is 0.113. The van der Waals surface area contributed by atoms with E-state index in [-0.39, 0.29) is 5.78 Å². The van der Waals surface area contributed by atoms with Gasteiger partial charge in [-0.2, -0.15) is 11.8 Å². The first kappa shape index (κ1) is 14.8. The number of benzene rings is 1. The molecule has 1 aromatic heterocycles. The van der Waals surface area contributed by atoms with Crippen LogP contribution in [0, 0.1) is 6.92 Å². The van der Waals surface area contributed by atoms with Gasteiger partial charge in [0.05, 0.1) is 4.88 Å². The van der Waals surface area contributed by atoms with E-state index in [0.717, 1.165) is 37.1 Å². The third kappa shape index (κ3) is 2.78. The molecule has 0 saturated heterocycles. The van der Waals surface area contributed by atoms with Crippen LogP contribution in [0.4, 0.5) is 0 Å². The molecule has 0 N–H and O–H groups in total. The van der Waals surface area contributed by atoms with Crippen molar-refractivity contribution >= 4 is 60.7 Å². The van der Waals surface area contributed by atoms with Crippen molar-refractivity contribution in [1.82, 2.24) is 0 Å². The van der Waals surface area contributed by atoms with Crippen LogP contribution < -0.4 is 0 Å². The molecule has 0 unspecified atom stereocenters. The van der Waals surface area contributed by atoms with Crippen LogP contribution in [-0.2, 0) is 12.2 Å². The summed E-state index contributed by atoms with van der Waals surface area (Å²) in [5, 5.41) is 0. The van der Waals surface area contributed by atoms with Crippen molar-refractivity contribution in [1.29, 1.82) is 0 Å². The van der Waals surface area contributed by atoms with Crippen LogP contribution in [0.25, 0.3) is 0 Å². The van der Waals surface area contributed by atoms with E-state index in [1.54, 1.807) is 11.3 Å². The summed E-state index contributed by atoms with van der Waals surface area (Å²) in [6.45, 7) is 2.02. The number of rotatable bonds is 2. The summed E-state index contributed by atoms with van der Waals surface area (Å²) >= 11 is 10.6. The van der Waals surface area contributed by atoms with Crippen LogP contribution in [0.15, 0.2) is 27.1 Å². The number of carbonyl (C=O) groups excluding carboxylic acids is 1. The number of hydrogen-bond acceptors (Lipinski definition) is 3. The standard InChI is InChI=1S/C15H12Br2OS2/c1-8-4-12(17)10(6-11(8)16)15(18)14-5-9-7-19-3-2-13(9)20-14/h4-6H,2-3,7H2,1H3. The third-order valence-electron chi connectivity index (χ3n) is 3.34. The first-order valence-corrected chi connectivity index (χ1v) is 9.81. The number of halogens is 2. The SMILES string of the molecule is Cc1cc(Br)c(C(=O)c2cc3c(s2)CCSC3)cc1Br. The van der Waals surface area contributed by atoms with Gasteiger partial charge in [0.1, 0.15) is 0 Å². The number of fused-ring (bicyclic) bond motifs is 1. The minimum absolute atomic E-state index is 0.113. The summed E-state index contributed by atoms with van der Waals surface area (Å²) in [6.07, 6.45) is 1.09. The van der Waals surface area contributed by atoms with E-state index in [4.69, 9.17) is 0 Å². The molecule has 3 rings (SSSR count). The van der Waals surface area contributed by atoms with Gasteiger partial charge in [-0.25, -0.2) is 0 Å². The van der Waals surface area contributed by atoms with Gasteiger partial charge in [-0.05, 0) is 48.4 Å². The highest BCUT2D eigenvalue weighted by atomic mass is 79.9. The van der Waals surface area contributed by atoms with Crippen LogP contribution in [0.2, 0.25) is 0 Å². The van der Waals surface area contributed by atoms with E-state index in [0.29, 0.717) is 0 Å². The van der Waals surface area contributed by atoms with E-state index < -0.39 is 0 Å². The summed E-state index contributed by atoms with van der Waals surface area (Å²) in [6, 6.07) is 5.98. The van der Waals surface area contributed by atoms with Gasteiger partial charge in [0.2, 0.25) is 5.78 Å². The smallest absolute Gasteiger partial charge is 0.204 e. The molecule has 20 heavy (non-hydrogen) atoms. The Morgan fingerprint density at radius 3 is 2.75 bits per heavy atom. The highest BCUT2D eigenvalue weighted by Gasteiger charge is 2.20.